The maximum Gasteiger partial charge on any atom is 0.264 e. The second-order valence-electron chi connectivity index (χ2n) is 8.62. The maximum atomic E-state index is 13.9. The molecule has 3 rings (SSSR count). The molecule has 0 aliphatic rings. The van der Waals surface area contributed by atoms with Crippen LogP contribution in [0.5, 0.6) is 5.75 Å². The number of ether oxygens (including phenoxy) is 1. The number of rotatable bonds is 13. The zero-order valence-electron chi connectivity index (χ0n) is 22.0. The zero-order chi connectivity index (χ0) is 27.5. The van der Waals surface area contributed by atoms with Crippen molar-refractivity contribution >= 4 is 27.5 Å². The van der Waals surface area contributed by atoms with Gasteiger partial charge in [-0.2, -0.15) is 0 Å². The first-order valence-corrected chi connectivity index (χ1v) is 14.1. The average molecular weight is 538 g/mol. The molecule has 1 N–H and O–H groups in total. The fourth-order valence-electron chi connectivity index (χ4n) is 4.07. The topological polar surface area (TPSA) is 96.0 Å². The summed E-state index contributed by atoms with van der Waals surface area (Å²) in [5, 5.41) is 2.76. The van der Waals surface area contributed by atoms with Gasteiger partial charge in [0.15, 0.2) is 0 Å². The highest BCUT2D eigenvalue weighted by molar-refractivity contribution is 7.92. The zero-order valence-corrected chi connectivity index (χ0v) is 22.9. The Morgan fingerprint density at radius 1 is 0.895 bits per heavy atom. The molecule has 8 nitrogen and oxygen atoms in total. The van der Waals surface area contributed by atoms with Crippen molar-refractivity contribution in [3.63, 3.8) is 0 Å². The minimum atomic E-state index is -4.14. The first-order chi connectivity index (χ1) is 18.3. The Morgan fingerprint density at radius 2 is 1.50 bits per heavy atom. The van der Waals surface area contributed by atoms with Crippen LogP contribution in [0.4, 0.5) is 5.69 Å². The highest BCUT2D eigenvalue weighted by Gasteiger charge is 2.33. The molecular formula is C29H35N3O5S. The molecule has 0 aromatic heterocycles. The second-order valence-corrected chi connectivity index (χ2v) is 10.5. The van der Waals surface area contributed by atoms with E-state index < -0.39 is 28.5 Å². The number of sulfonamides is 1. The molecule has 0 aliphatic carbocycles. The van der Waals surface area contributed by atoms with Gasteiger partial charge in [-0.25, -0.2) is 8.42 Å². The van der Waals surface area contributed by atoms with Gasteiger partial charge in [-0.15, -0.1) is 0 Å². The number of likely N-dealkylation sites (N-methyl/N-ethyl adjacent to an activating group) is 1. The van der Waals surface area contributed by atoms with Gasteiger partial charge in [0, 0.05) is 13.1 Å². The van der Waals surface area contributed by atoms with Crippen LogP contribution in [0.15, 0.2) is 89.8 Å². The van der Waals surface area contributed by atoms with Crippen LogP contribution in [0, 0.1) is 0 Å². The molecule has 0 radical (unpaired) electrons. The molecule has 1 atom stereocenters. The number of benzene rings is 3. The molecule has 0 saturated heterocycles. The minimum absolute atomic E-state index is 0.0479. The van der Waals surface area contributed by atoms with E-state index in [0.29, 0.717) is 25.3 Å². The fourth-order valence-corrected chi connectivity index (χ4v) is 5.51. The summed E-state index contributed by atoms with van der Waals surface area (Å²) in [5.74, 6) is -0.457. The number of carbonyl (C=O) groups excluding carboxylic acids is 2. The highest BCUT2D eigenvalue weighted by atomic mass is 32.2. The first kappa shape index (κ1) is 28.7. The largest absolute Gasteiger partial charge is 0.492 e. The number of anilines is 1. The van der Waals surface area contributed by atoms with Gasteiger partial charge in [-0.3, -0.25) is 13.9 Å². The summed E-state index contributed by atoms with van der Waals surface area (Å²) >= 11 is 0. The minimum Gasteiger partial charge on any atom is -0.492 e. The lowest BCUT2D eigenvalue weighted by atomic mass is 10.1. The molecule has 0 bridgehead atoms. The van der Waals surface area contributed by atoms with Gasteiger partial charge in [-0.05, 0) is 57.0 Å². The quantitative estimate of drug-likeness (QED) is 0.357. The van der Waals surface area contributed by atoms with Crippen LogP contribution in [0.25, 0.3) is 0 Å². The fraction of sp³-hybridized carbons (Fsp3) is 0.310. The summed E-state index contributed by atoms with van der Waals surface area (Å²) < 4.78 is 34.5. The third-order valence-corrected chi connectivity index (χ3v) is 7.82. The predicted octanol–water partition coefficient (Wildman–Crippen LogP) is 3.88. The molecule has 3 aromatic carbocycles. The Hall–Kier alpha value is -3.85. The molecule has 0 fully saturated rings. The van der Waals surface area contributed by atoms with Crippen molar-refractivity contribution in [1.29, 1.82) is 0 Å². The summed E-state index contributed by atoms with van der Waals surface area (Å²) in [4.78, 5) is 28.1. The Labute approximate surface area is 225 Å². The van der Waals surface area contributed by atoms with Crippen molar-refractivity contribution in [3.8, 4) is 5.75 Å². The van der Waals surface area contributed by atoms with E-state index in [1.807, 2.05) is 30.3 Å². The van der Waals surface area contributed by atoms with Crippen molar-refractivity contribution in [2.24, 2.45) is 0 Å². The Kier molecular flexibility index (Phi) is 10.3. The predicted molar refractivity (Wildman–Crippen MR) is 149 cm³/mol. The van der Waals surface area contributed by atoms with Gasteiger partial charge in [-0.1, -0.05) is 60.7 Å². The van der Waals surface area contributed by atoms with Crippen LogP contribution >= 0.6 is 0 Å². The van der Waals surface area contributed by atoms with E-state index in [2.05, 4.69) is 5.32 Å². The molecule has 9 heteroatoms. The lowest BCUT2D eigenvalue weighted by molar-refractivity contribution is -0.138. The van der Waals surface area contributed by atoms with Crippen molar-refractivity contribution in [3.05, 3.63) is 90.5 Å². The smallest absolute Gasteiger partial charge is 0.264 e. The molecule has 0 aliphatic heterocycles. The molecular weight excluding hydrogens is 502 g/mol. The Balaban J connectivity index is 2.01. The summed E-state index contributed by atoms with van der Waals surface area (Å²) in [7, 11) is -4.14. The second kappa shape index (κ2) is 13.6. The number of para-hydroxylation sites is 2. The van der Waals surface area contributed by atoms with Crippen LogP contribution in [-0.2, 0) is 26.0 Å². The maximum absolute atomic E-state index is 13.9. The van der Waals surface area contributed by atoms with E-state index in [0.717, 1.165) is 9.87 Å². The van der Waals surface area contributed by atoms with Crippen LogP contribution in [0.2, 0.25) is 0 Å². The van der Waals surface area contributed by atoms with Gasteiger partial charge < -0.3 is 15.0 Å². The molecule has 0 unspecified atom stereocenters. The molecule has 2 amide bonds. The van der Waals surface area contributed by atoms with Crippen molar-refractivity contribution in [2.45, 2.75) is 38.1 Å². The number of carbonyl (C=O) groups is 2. The van der Waals surface area contributed by atoms with E-state index in [-0.39, 0.29) is 23.0 Å². The van der Waals surface area contributed by atoms with Gasteiger partial charge >= 0.3 is 0 Å². The van der Waals surface area contributed by atoms with E-state index in [1.165, 1.54) is 17.0 Å². The SMILES string of the molecule is CCNC(=O)[C@H](C)N(CCc1ccccc1)C(=O)CN(c1ccccc1OCC)S(=O)(=O)c1ccccc1. The molecule has 202 valence electrons. The number of nitrogens with one attached hydrogen (secondary N) is 1. The third kappa shape index (κ3) is 7.13. The van der Waals surface area contributed by atoms with E-state index in [4.69, 9.17) is 4.74 Å². The first-order valence-electron chi connectivity index (χ1n) is 12.7. The van der Waals surface area contributed by atoms with E-state index in [9.17, 15) is 18.0 Å². The highest BCUT2D eigenvalue weighted by Crippen LogP contribution is 2.32. The number of hydrogen-bond donors (Lipinski definition) is 1. The Morgan fingerprint density at radius 3 is 2.13 bits per heavy atom. The van der Waals surface area contributed by atoms with Crippen LogP contribution < -0.4 is 14.4 Å². The Bertz CT molecular complexity index is 1300. The van der Waals surface area contributed by atoms with Crippen LogP contribution in [0.3, 0.4) is 0 Å². The van der Waals surface area contributed by atoms with Gasteiger partial charge in [0.25, 0.3) is 10.0 Å². The number of hydrogen-bond acceptors (Lipinski definition) is 5. The van der Waals surface area contributed by atoms with Crippen molar-refractivity contribution in [2.75, 3.05) is 30.5 Å². The standard InChI is InChI=1S/C29H35N3O5S/c1-4-30-29(34)23(3)31(21-20-24-14-8-6-9-15-24)28(33)22-32(26-18-12-13-19-27(26)37-5-2)38(35,36)25-16-10-7-11-17-25/h6-19,23H,4-5,20-22H2,1-3H3,(H,30,34)/t23-/m0/s1. The molecule has 0 heterocycles. The average Bonchev–Trinajstić information content (AvgIpc) is 2.93. The lowest BCUT2D eigenvalue weighted by Gasteiger charge is -2.32. The van der Waals surface area contributed by atoms with Gasteiger partial charge in [0.05, 0.1) is 17.2 Å². The van der Waals surface area contributed by atoms with Crippen molar-refractivity contribution in [1.82, 2.24) is 10.2 Å². The number of nitrogens with zero attached hydrogens (tertiary/aromatic N) is 2. The lowest BCUT2D eigenvalue weighted by Crippen LogP contribution is -2.52. The normalized spacial score (nSPS) is 11.9. The summed E-state index contributed by atoms with van der Waals surface area (Å²) in [6.07, 6.45) is 0.511. The van der Waals surface area contributed by atoms with Gasteiger partial charge in [0.2, 0.25) is 11.8 Å². The van der Waals surface area contributed by atoms with Crippen LogP contribution in [0.1, 0.15) is 26.3 Å². The van der Waals surface area contributed by atoms with Crippen LogP contribution in [-0.4, -0.2) is 57.4 Å². The number of amides is 2. The molecule has 3 aromatic rings. The summed E-state index contributed by atoms with van der Waals surface area (Å²) in [6, 6.07) is 23.5. The summed E-state index contributed by atoms with van der Waals surface area (Å²) in [5.41, 5.74) is 1.25. The van der Waals surface area contributed by atoms with Crippen molar-refractivity contribution < 1.29 is 22.7 Å². The monoisotopic (exact) mass is 537 g/mol. The molecule has 0 spiro atoms. The van der Waals surface area contributed by atoms with E-state index >= 15 is 0 Å². The molecule has 38 heavy (non-hydrogen) atoms. The van der Waals surface area contributed by atoms with Gasteiger partial charge in [0.1, 0.15) is 18.3 Å². The third-order valence-electron chi connectivity index (χ3n) is 6.05. The molecule has 0 saturated carbocycles. The summed E-state index contributed by atoms with van der Waals surface area (Å²) in [6.45, 7) is 5.74. The van der Waals surface area contributed by atoms with E-state index in [1.54, 1.807) is 63.2 Å².